The highest BCUT2D eigenvalue weighted by atomic mass is 35.5. The summed E-state index contributed by atoms with van der Waals surface area (Å²) in [7, 11) is -3.45. The van der Waals surface area contributed by atoms with Gasteiger partial charge in [-0.25, -0.2) is 8.42 Å². The number of amides is 1. The molecule has 0 aliphatic rings. The molecule has 1 N–H and O–H groups in total. The third kappa shape index (κ3) is 4.32. The maximum Gasteiger partial charge on any atom is 0.225 e. The number of nitrogens with one attached hydrogen (secondary N) is 1. The summed E-state index contributed by atoms with van der Waals surface area (Å²) in [5, 5.41) is 3.28. The molecule has 2 aromatic carbocycles. The van der Waals surface area contributed by atoms with Gasteiger partial charge < -0.3 is 5.32 Å². The van der Waals surface area contributed by atoms with E-state index in [2.05, 4.69) is 5.32 Å². The van der Waals surface area contributed by atoms with E-state index in [1.807, 2.05) is 6.92 Å². The molecule has 6 heteroatoms. The number of anilines is 1. The fourth-order valence-electron chi connectivity index (χ4n) is 1.95. The van der Waals surface area contributed by atoms with Crippen LogP contribution in [0.3, 0.4) is 0 Å². The summed E-state index contributed by atoms with van der Waals surface area (Å²) in [6.07, 6.45) is -0.0979. The van der Waals surface area contributed by atoms with E-state index in [-0.39, 0.29) is 23.0 Å². The highest BCUT2D eigenvalue weighted by Gasteiger charge is 2.16. The Balaban J connectivity index is 1.98. The van der Waals surface area contributed by atoms with Gasteiger partial charge in [-0.05, 0) is 42.8 Å². The fraction of sp³-hybridized carbons (Fsp3) is 0.188. The van der Waals surface area contributed by atoms with Crippen molar-refractivity contribution in [3.8, 4) is 0 Å². The van der Waals surface area contributed by atoms with E-state index < -0.39 is 9.84 Å². The predicted molar refractivity (Wildman–Crippen MR) is 87.9 cm³/mol. The summed E-state index contributed by atoms with van der Waals surface area (Å²) >= 11 is 5.85. The Morgan fingerprint density at radius 1 is 1.14 bits per heavy atom. The summed E-state index contributed by atoms with van der Waals surface area (Å²) in [6, 6.07) is 13.2. The zero-order valence-electron chi connectivity index (χ0n) is 12.0. The van der Waals surface area contributed by atoms with Crippen LogP contribution in [0, 0.1) is 6.92 Å². The van der Waals surface area contributed by atoms with E-state index in [4.69, 9.17) is 11.6 Å². The molecule has 0 saturated carbocycles. The maximum atomic E-state index is 12.1. The third-order valence-corrected chi connectivity index (χ3v) is 5.13. The Kier molecular flexibility index (Phi) is 5.21. The molecule has 0 aromatic heterocycles. The van der Waals surface area contributed by atoms with E-state index >= 15 is 0 Å². The summed E-state index contributed by atoms with van der Waals surface area (Å²) in [5.74, 6) is -0.569. The first-order valence-corrected chi connectivity index (χ1v) is 8.75. The molecule has 4 nitrogen and oxygen atoms in total. The molecular weight excluding hydrogens is 322 g/mol. The minimum absolute atomic E-state index is 0.0979. The number of benzene rings is 2. The average Bonchev–Trinajstić information content (AvgIpc) is 2.49. The van der Waals surface area contributed by atoms with Crippen LogP contribution in [0.15, 0.2) is 53.4 Å². The van der Waals surface area contributed by atoms with Crippen molar-refractivity contribution >= 4 is 33.0 Å². The van der Waals surface area contributed by atoms with Crippen molar-refractivity contribution in [3.63, 3.8) is 0 Å². The Morgan fingerprint density at radius 2 is 1.82 bits per heavy atom. The molecule has 0 unspecified atom stereocenters. The molecule has 0 saturated heterocycles. The van der Waals surface area contributed by atoms with E-state index in [0.29, 0.717) is 10.7 Å². The highest BCUT2D eigenvalue weighted by Crippen LogP contribution is 2.20. The van der Waals surface area contributed by atoms with Gasteiger partial charge in [0, 0.05) is 17.1 Å². The molecule has 0 heterocycles. The SMILES string of the molecule is Cc1cc(Cl)ccc1NC(=O)CCS(=O)(=O)c1ccccc1. The Morgan fingerprint density at radius 3 is 2.45 bits per heavy atom. The fourth-order valence-corrected chi connectivity index (χ4v) is 3.44. The zero-order valence-corrected chi connectivity index (χ0v) is 13.6. The third-order valence-electron chi connectivity index (χ3n) is 3.16. The van der Waals surface area contributed by atoms with Gasteiger partial charge in [0.15, 0.2) is 9.84 Å². The molecule has 2 rings (SSSR count). The van der Waals surface area contributed by atoms with Gasteiger partial charge in [0.05, 0.1) is 10.6 Å². The van der Waals surface area contributed by atoms with Crippen molar-refractivity contribution in [2.45, 2.75) is 18.2 Å². The number of aryl methyl sites for hydroxylation is 1. The second-order valence-corrected chi connectivity index (χ2v) is 7.43. The molecule has 0 radical (unpaired) electrons. The number of rotatable bonds is 5. The van der Waals surface area contributed by atoms with Gasteiger partial charge in [0.1, 0.15) is 0 Å². The van der Waals surface area contributed by atoms with Crippen LogP contribution < -0.4 is 5.32 Å². The largest absolute Gasteiger partial charge is 0.326 e. The van der Waals surface area contributed by atoms with Crippen LogP contribution in [0.2, 0.25) is 5.02 Å². The van der Waals surface area contributed by atoms with Crippen LogP contribution in [0.5, 0.6) is 0 Å². The maximum absolute atomic E-state index is 12.1. The van der Waals surface area contributed by atoms with E-state index in [9.17, 15) is 13.2 Å². The number of carbonyl (C=O) groups is 1. The minimum Gasteiger partial charge on any atom is -0.326 e. The van der Waals surface area contributed by atoms with Crippen molar-refractivity contribution in [2.24, 2.45) is 0 Å². The lowest BCUT2D eigenvalue weighted by Gasteiger charge is -2.09. The number of hydrogen-bond donors (Lipinski definition) is 1. The van der Waals surface area contributed by atoms with Crippen molar-refractivity contribution in [2.75, 3.05) is 11.1 Å². The van der Waals surface area contributed by atoms with Crippen molar-refractivity contribution < 1.29 is 13.2 Å². The summed E-state index contributed by atoms with van der Waals surface area (Å²) in [4.78, 5) is 12.1. The van der Waals surface area contributed by atoms with Crippen LogP contribution in [-0.2, 0) is 14.6 Å². The minimum atomic E-state index is -3.45. The van der Waals surface area contributed by atoms with Gasteiger partial charge in [-0.2, -0.15) is 0 Å². The molecule has 0 fully saturated rings. The lowest BCUT2D eigenvalue weighted by molar-refractivity contribution is -0.115. The van der Waals surface area contributed by atoms with Crippen LogP contribution in [0.1, 0.15) is 12.0 Å². The lowest BCUT2D eigenvalue weighted by atomic mass is 10.2. The molecule has 22 heavy (non-hydrogen) atoms. The molecule has 1 amide bonds. The van der Waals surface area contributed by atoms with Crippen LogP contribution in [0.25, 0.3) is 0 Å². The lowest BCUT2D eigenvalue weighted by Crippen LogP contribution is -2.17. The van der Waals surface area contributed by atoms with Crippen molar-refractivity contribution in [1.29, 1.82) is 0 Å². The quantitative estimate of drug-likeness (QED) is 0.908. The van der Waals surface area contributed by atoms with Crippen LogP contribution in [-0.4, -0.2) is 20.1 Å². The summed E-state index contributed by atoms with van der Waals surface area (Å²) in [6.45, 7) is 1.82. The predicted octanol–water partition coefficient (Wildman–Crippen LogP) is 3.45. The van der Waals surface area contributed by atoms with Crippen LogP contribution >= 0.6 is 11.6 Å². The summed E-state index contributed by atoms with van der Waals surface area (Å²) in [5.41, 5.74) is 1.46. The van der Waals surface area contributed by atoms with Gasteiger partial charge in [0.25, 0.3) is 0 Å². The summed E-state index contributed by atoms with van der Waals surface area (Å²) < 4.78 is 24.2. The zero-order chi connectivity index (χ0) is 16.2. The first-order chi connectivity index (χ1) is 10.4. The normalized spacial score (nSPS) is 11.2. The van der Waals surface area contributed by atoms with Crippen molar-refractivity contribution in [3.05, 3.63) is 59.1 Å². The topological polar surface area (TPSA) is 63.2 Å². The molecular formula is C16H16ClNO3S. The molecule has 2 aromatic rings. The van der Waals surface area contributed by atoms with Crippen molar-refractivity contribution in [1.82, 2.24) is 0 Å². The van der Waals surface area contributed by atoms with Crippen LogP contribution in [0.4, 0.5) is 5.69 Å². The van der Waals surface area contributed by atoms with Gasteiger partial charge >= 0.3 is 0 Å². The van der Waals surface area contributed by atoms with Gasteiger partial charge in [-0.15, -0.1) is 0 Å². The Labute approximate surface area is 135 Å². The van der Waals surface area contributed by atoms with Gasteiger partial charge in [0.2, 0.25) is 5.91 Å². The van der Waals surface area contributed by atoms with E-state index in [0.717, 1.165) is 5.56 Å². The smallest absolute Gasteiger partial charge is 0.225 e. The van der Waals surface area contributed by atoms with E-state index in [1.165, 1.54) is 12.1 Å². The Hall–Kier alpha value is -1.85. The second kappa shape index (κ2) is 6.94. The molecule has 0 spiro atoms. The molecule has 0 atom stereocenters. The Bertz CT molecular complexity index is 773. The standard InChI is InChI=1S/C16H16ClNO3S/c1-12-11-13(17)7-8-15(12)18-16(19)9-10-22(20,21)14-5-3-2-4-6-14/h2-8,11H,9-10H2,1H3,(H,18,19). The second-order valence-electron chi connectivity index (χ2n) is 4.89. The number of hydrogen-bond acceptors (Lipinski definition) is 3. The molecule has 0 aliphatic carbocycles. The number of halogens is 1. The molecule has 0 aliphatic heterocycles. The number of sulfone groups is 1. The van der Waals surface area contributed by atoms with Gasteiger partial charge in [-0.1, -0.05) is 29.8 Å². The first-order valence-electron chi connectivity index (χ1n) is 6.72. The van der Waals surface area contributed by atoms with E-state index in [1.54, 1.807) is 36.4 Å². The molecule has 116 valence electrons. The first kappa shape index (κ1) is 16.5. The monoisotopic (exact) mass is 337 g/mol. The van der Waals surface area contributed by atoms with Gasteiger partial charge in [-0.3, -0.25) is 4.79 Å². The number of carbonyl (C=O) groups excluding carboxylic acids is 1. The molecule has 0 bridgehead atoms. The average molecular weight is 338 g/mol. The highest BCUT2D eigenvalue weighted by molar-refractivity contribution is 7.91.